The minimum Gasteiger partial charge on any atom is -0.391 e. The Kier molecular flexibility index (Phi) is 5.06. The van der Waals surface area contributed by atoms with Gasteiger partial charge in [0.1, 0.15) is 0 Å². The summed E-state index contributed by atoms with van der Waals surface area (Å²) in [5.41, 5.74) is 0. The summed E-state index contributed by atoms with van der Waals surface area (Å²) in [7, 11) is 0. The number of alkyl halides is 3. The predicted octanol–water partition coefficient (Wildman–Crippen LogP) is 1.67. The van der Waals surface area contributed by atoms with Crippen LogP contribution in [-0.2, 0) is 0 Å². The van der Waals surface area contributed by atoms with Crippen LogP contribution in [0.1, 0.15) is 6.42 Å². The Bertz CT molecular complexity index is 73.5. The van der Waals surface area contributed by atoms with Crippen LogP contribution < -0.4 is 5.32 Å². The van der Waals surface area contributed by atoms with E-state index in [9.17, 15) is 13.2 Å². The van der Waals surface area contributed by atoms with Crippen molar-refractivity contribution in [3.05, 3.63) is 12.3 Å². The van der Waals surface area contributed by atoms with Crippen LogP contribution in [-0.4, -0.2) is 13.2 Å². The highest BCUT2D eigenvalue weighted by molar-refractivity contribution is 4.86. The Morgan fingerprint density at radius 1 is 1.33 bits per heavy atom. The maximum Gasteiger partial charge on any atom is 0.379 e. The van der Waals surface area contributed by atoms with Crippen molar-refractivity contribution in [3.8, 4) is 0 Å². The maximum absolute atomic E-state index is 9.67. The van der Waals surface area contributed by atoms with Crippen LogP contribution in [0.25, 0.3) is 0 Å². The number of hydrogen-bond acceptors (Lipinski definition) is 1. The van der Waals surface area contributed by atoms with Gasteiger partial charge in [-0.25, -0.2) is 0 Å². The van der Waals surface area contributed by atoms with Crippen LogP contribution >= 0.6 is 0 Å². The lowest BCUT2D eigenvalue weighted by molar-refractivity contribution is 0.00819. The molecule has 0 saturated heterocycles. The van der Waals surface area contributed by atoms with E-state index in [1.54, 1.807) is 0 Å². The van der Waals surface area contributed by atoms with Crippen LogP contribution in [0.15, 0.2) is 12.3 Å². The predicted molar refractivity (Wildman–Crippen MR) is 28.9 cm³/mol. The van der Waals surface area contributed by atoms with Gasteiger partial charge in [-0.15, -0.1) is 0 Å². The molecule has 0 unspecified atom stereocenters. The van der Waals surface area contributed by atoms with Gasteiger partial charge in [-0.05, 0) is 12.6 Å². The van der Waals surface area contributed by atoms with Gasteiger partial charge >= 0.3 is 6.68 Å². The monoisotopic (exact) mass is 139 g/mol. The van der Waals surface area contributed by atoms with Gasteiger partial charge in [-0.1, -0.05) is 6.08 Å². The molecule has 0 aromatic carbocycles. The minimum atomic E-state index is -3.67. The van der Waals surface area contributed by atoms with Crippen LogP contribution in [0.4, 0.5) is 13.2 Å². The highest BCUT2D eigenvalue weighted by Crippen LogP contribution is 1.87. The average molecular weight is 139 g/mol. The fourth-order valence-electron chi connectivity index (χ4n) is 0.417. The molecule has 1 N–H and O–H groups in total. The van der Waals surface area contributed by atoms with Crippen molar-refractivity contribution in [2.75, 3.05) is 6.54 Å². The van der Waals surface area contributed by atoms with Crippen molar-refractivity contribution in [3.63, 3.8) is 0 Å². The lowest BCUT2D eigenvalue weighted by Crippen LogP contribution is -1.96. The maximum atomic E-state index is 9.67. The van der Waals surface area contributed by atoms with Crippen molar-refractivity contribution in [2.45, 2.75) is 13.1 Å². The third kappa shape index (κ3) is 11.1. The normalized spacial score (nSPS) is 14.7. The fourth-order valence-corrected chi connectivity index (χ4v) is 0.417. The van der Waals surface area contributed by atoms with E-state index in [-0.39, 0.29) is 0 Å². The second-order valence-corrected chi connectivity index (χ2v) is 1.39. The molecular weight excluding hydrogens is 131 g/mol. The Morgan fingerprint density at radius 2 is 1.89 bits per heavy atom. The molecule has 0 aromatic rings. The molecule has 0 radical (unpaired) electrons. The van der Waals surface area contributed by atoms with E-state index in [0.717, 1.165) is 6.54 Å². The summed E-state index contributed by atoms with van der Waals surface area (Å²) in [6.07, 6.45) is 5.32. The first-order valence-electron chi connectivity index (χ1n) is 2.54. The van der Waals surface area contributed by atoms with E-state index in [1.165, 1.54) is 6.42 Å². The summed E-state index contributed by atoms with van der Waals surface area (Å²) in [6, 6.07) is 0. The molecule has 0 atom stereocenters. The van der Waals surface area contributed by atoms with E-state index < -0.39 is 6.68 Å². The van der Waals surface area contributed by atoms with Crippen LogP contribution in [0.2, 0.25) is 0 Å². The van der Waals surface area contributed by atoms with Gasteiger partial charge in [0.2, 0.25) is 0 Å². The first-order chi connectivity index (χ1) is 4.23. The molecule has 4 heteroatoms. The average Bonchev–Trinajstić information content (AvgIpc) is 2.11. The Balaban J connectivity index is 0.000000148. The van der Waals surface area contributed by atoms with Crippen LogP contribution in [0.5, 0.6) is 0 Å². The molecule has 1 aliphatic rings. The van der Waals surface area contributed by atoms with E-state index in [1.807, 2.05) is 6.20 Å². The highest BCUT2D eigenvalue weighted by Gasteiger charge is 1.86. The minimum absolute atomic E-state index is 1.14. The molecule has 1 rings (SSSR count). The third-order valence-corrected chi connectivity index (χ3v) is 0.691. The van der Waals surface area contributed by atoms with Gasteiger partial charge in [-0.3, -0.25) is 0 Å². The van der Waals surface area contributed by atoms with Crippen LogP contribution in [0.3, 0.4) is 0 Å². The van der Waals surface area contributed by atoms with Crippen LogP contribution in [0, 0.1) is 0 Å². The van der Waals surface area contributed by atoms with Gasteiger partial charge < -0.3 is 5.32 Å². The summed E-state index contributed by atoms with van der Waals surface area (Å²) >= 11 is 0. The Labute approximate surface area is 51.6 Å². The molecule has 0 aromatic heterocycles. The van der Waals surface area contributed by atoms with Crippen molar-refractivity contribution < 1.29 is 13.2 Å². The second kappa shape index (κ2) is 5.47. The largest absolute Gasteiger partial charge is 0.391 e. The lowest BCUT2D eigenvalue weighted by atomic mass is 10.5. The lowest BCUT2D eigenvalue weighted by Gasteiger charge is -1.78. The smallest absolute Gasteiger partial charge is 0.379 e. The molecule has 0 amide bonds. The van der Waals surface area contributed by atoms with E-state index in [0.29, 0.717) is 0 Å². The molecule has 1 heterocycles. The van der Waals surface area contributed by atoms with E-state index >= 15 is 0 Å². The van der Waals surface area contributed by atoms with Gasteiger partial charge in [0.15, 0.2) is 0 Å². The molecule has 9 heavy (non-hydrogen) atoms. The van der Waals surface area contributed by atoms with E-state index in [2.05, 4.69) is 11.4 Å². The van der Waals surface area contributed by atoms with Crippen molar-refractivity contribution in [1.82, 2.24) is 5.32 Å². The standard InChI is InChI=1S/C4H7N.CHF3/c1-2-4-5-3-1;2-1(3)4/h1,3,5H,2,4H2;1H. The molecule has 0 fully saturated rings. The van der Waals surface area contributed by atoms with Gasteiger partial charge in [0.05, 0.1) is 0 Å². The summed E-state index contributed by atoms with van der Waals surface area (Å²) in [6.45, 7) is -2.53. The summed E-state index contributed by atoms with van der Waals surface area (Å²) in [5.74, 6) is 0. The van der Waals surface area contributed by atoms with Crippen molar-refractivity contribution in [1.29, 1.82) is 0 Å². The zero-order chi connectivity index (χ0) is 7.11. The first kappa shape index (κ1) is 8.33. The molecule has 54 valence electrons. The quantitative estimate of drug-likeness (QED) is 0.538. The van der Waals surface area contributed by atoms with Crippen molar-refractivity contribution >= 4 is 0 Å². The molecule has 0 saturated carbocycles. The molecule has 0 bridgehead atoms. The van der Waals surface area contributed by atoms with Gasteiger partial charge in [-0.2, -0.15) is 13.2 Å². The van der Waals surface area contributed by atoms with E-state index in [4.69, 9.17) is 0 Å². The highest BCUT2D eigenvalue weighted by atomic mass is 19.4. The number of hydrogen-bond donors (Lipinski definition) is 1. The molecule has 0 aliphatic carbocycles. The summed E-state index contributed by atoms with van der Waals surface area (Å²) in [5, 5.41) is 3.04. The fraction of sp³-hybridized carbons (Fsp3) is 0.600. The number of nitrogens with one attached hydrogen (secondary N) is 1. The molecule has 1 nitrogen and oxygen atoms in total. The second-order valence-electron chi connectivity index (χ2n) is 1.39. The third-order valence-electron chi connectivity index (χ3n) is 0.691. The Morgan fingerprint density at radius 3 is 2.00 bits per heavy atom. The zero-order valence-corrected chi connectivity index (χ0v) is 4.78. The molecular formula is C5H8F3N. The molecule has 1 aliphatic heterocycles. The van der Waals surface area contributed by atoms with Crippen molar-refractivity contribution in [2.24, 2.45) is 0 Å². The summed E-state index contributed by atoms with van der Waals surface area (Å²) < 4.78 is 29.0. The zero-order valence-electron chi connectivity index (χ0n) is 4.78. The Hall–Kier alpha value is -0.670. The number of halogens is 3. The number of rotatable bonds is 0. The topological polar surface area (TPSA) is 12.0 Å². The van der Waals surface area contributed by atoms with Gasteiger partial charge in [0.25, 0.3) is 0 Å². The molecule has 0 spiro atoms. The first-order valence-corrected chi connectivity index (χ1v) is 2.54. The SMILES string of the molecule is C1=CNCC1.FC(F)F. The van der Waals surface area contributed by atoms with Gasteiger partial charge in [0, 0.05) is 6.54 Å². The summed E-state index contributed by atoms with van der Waals surface area (Å²) in [4.78, 5) is 0.